The number of rotatable bonds is 6. The summed E-state index contributed by atoms with van der Waals surface area (Å²) in [6, 6.07) is 9.01. The Balaban J connectivity index is 2.19. The molecule has 0 saturated heterocycles. The van der Waals surface area contributed by atoms with Gasteiger partial charge < -0.3 is 18.9 Å². The summed E-state index contributed by atoms with van der Waals surface area (Å²) in [5.74, 6) is 0.00219. The molecule has 2 aromatic rings. The first-order valence-electron chi connectivity index (χ1n) is 6.83. The quantitative estimate of drug-likeness (QED) is 0.605. The van der Waals surface area contributed by atoms with Crippen LogP contribution in [0.3, 0.4) is 0 Å². The molecule has 0 amide bonds. The third kappa shape index (κ3) is 3.91. The molecule has 0 spiro atoms. The first kappa shape index (κ1) is 16.6. The standard InChI is InChI=1S/C17H17FO5/c1-20-14-8-11(9-15(21-2)17(14)22-3)10-16(19)23-13-7-5-4-6-12(13)18/h4-9H,10H2,1-3H3. The molecule has 23 heavy (non-hydrogen) atoms. The Kier molecular flexibility index (Phi) is 5.41. The average Bonchev–Trinajstić information content (AvgIpc) is 2.55. The van der Waals surface area contributed by atoms with Gasteiger partial charge in [0.05, 0.1) is 27.8 Å². The fraction of sp³-hybridized carbons (Fsp3) is 0.235. The van der Waals surface area contributed by atoms with Gasteiger partial charge in [-0.05, 0) is 29.8 Å². The number of hydrogen-bond acceptors (Lipinski definition) is 5. The van der Waals surface area contributed by atoms with E-state index in [-0.39, 0.29) is 12.2 Å². The summed E-state index contributed by atoms with van der Waals surface area (Å²) >= 11 is 0. The van der Waals surface area contributed by atoms with E-state index in [4.69, 9.17) is 18.9 Å². The third-order valence-electron chi connectivity index (χ3n) is 3.13. The Labute approximate surface area is 133 Å². The minimum Gasteiger partial charge on any atom is -0.493 e. The molecule has 0 aliphatic carbocycles. The molecule has 0 atom stereocenters. The molecular weight excluding hydrogens is 303 g/mol. The van der Waals surface area contributed by atoms with Gasteiger partial charge in [-0.15, -0.1) is 0 Å². The van der Waals surface area contributed by atoms with Crippen LogP contribution in [0.5, 0.6) is 23.0 Å². The lowest BCUT2D eigenvalue weighted by molar-refractivity contribution is -0.133. The molecule has 0 heterocycles. The summed E-state index contributed by atoms with van der Waals surface area (Å²) in [6.07, 6.45) is -0.0644. The summed E-state index contributed by atoms with van der Waals surface area (Å²) in [7, 11) is 4.46. The smallest absolute Gasteiger partial charge is 0.315 e. The summed E-state index contributed by atoms with van der Waals surface area (Å²) in [6.45, 7) is 0. The maximum Gasteiger partial charge on any atom is 0.315 e. The van der Waals surface area contributed by atoms with Crippen molar-refractivity contribution in [3.8, 4) is 23.0 Å². The van der Waals surface area contributed by atoms with E-state index in [1.165, 1.54) is 39.5 Å². The number of methoxy groups -OCH3 is 3. The lowest BCUT2D eigenvalue weighted by Crippen LogP contribution is -2.12. The van der Waals surface area contributed by atoms with Gasteiger partial charge in [-0.3, -0.25) is 4.79 Å². The SMILES string of the molecule is COc1cc(CC(=O)Oc2ccccc2F)cc(OC)c1OC. The van der Waals surface area contributed by atoms with Crippen molar-refractivity contribution in [1.29, 1.82) is 0 Å². The number of carbonyl (C=O) groups excluding carboxylic acids is 1. The molecular formula is C17H17FO5. The van der Waals surface area contributed by atoms with Crippen molar-refractivity contribution in [2.45, 2.75) is 6.42 Å². The van der Waals surface area contributed by atoms with Crippen LogP contribution in [-0.2, 0) is 11.2 Å². The summed E-state index contributed by atoms with van der Waals surface area (Å²) < 4.78 is 34.2. The van der Waals surface area contributed by atoms with Gasteiger partial charge in [0, 0.05) is 0 Å². The van der Waals surface area contributed by atoms with Crippen molar-refractivity contribution in [3.63, 3.8) is 0 Å². The van der Waals surface area contributed by atoms with Crippen molar-refractivity contribution in [2.24, 2.45) is 0 Å². The highest BCUT2D eigenvalue weighted by atomic mass is 19.1. The van der Waals surface area contributed by atoms with Crippen molar-refractivity contribution < 1.29 is 28.1 Å². The van der Waals surface area contributed by atoms with E-state index in [1.54, 1.807) is 18.2 Å². The molecule has 122 valence electrons. The van der Waals surface area contributed by atoms with Crippen molar-refractivity contribution in [1.82, 2.24) is 0 Å². The molecule has 0 unspecified atom stereocenters. The Morgan fingerprint density at radius 3 is 2.09 bits per heavy atom. The van der Waals surface area contributed by atoms with Crippen LogP contribution in [-0.4, -0.2) is 27.3 Å². The second-order valence-corrected chi connectivity index (χ2v) is 4.61. The fourth-order valence-corrected chi connectivity index (χ4v) is 2.09. The minimum absolute atomic E-state index is 0.0644. The molecule has 6 heteroatoms. The lowest BCUT2D eigenvalue weighted by Gasteiger charge is -2.14. The maximum atomic E-state index is 13.5. The molecule has 0 aromatic heterocycles. The average molecular weight is 320 g/mol. The van der Waals surface area contributed by atoms with Gasteiger partial charge in [0.1, 0.15) is 0 Å². The topological polar surface area (TPSA) is 54.0 Å². The fourth-order valence-electron chi connectivity index (χ4n) is 2.09. The Morgan fingerprint density at radius 1 is 0.957 bits per heavy atom. The second-order valence-electron chi connectivity index (χ2n) is 4.61. The van der Waals surface area contributed by atoms with E-state index >= 15 is 0 Å². The Hall–Kier alpha value is -2.76. The van der Waals surface area contributed by atoms with E-state index < -0.39 is 11.8 Å². The second kappa shape index (κ2) is 7.49. The van der Waals surface area contributed by atoms with Gasteiger partial charge in [-0.2, -0.15) is 0 Å². The van der Waals surface area contributed by atoms with Crippen LogP contribution in [0, 0.1) is 5.82 Å². The van der Waals surface area contributed by atoms with Crippen molar-refractivity contribution in [2.75, 3.05) is 21.3 Å². The zero-order chi connectivity index (χ0) is 16.8. The molecule has 0 aliphatic rings. The van der Waals surface area contributed by atoms with Crippen LogP contribution in [0.25, 0.3) is 0 Å². The molecule has 0 aliphatic heterocycles. The van der Waals surface area contributed by atoms with Crippen LogP contribution in [0.2, 0.25) is 0 Å². The Bertz CT molecular complexity index is 674. The highest BCUT2D eigenvalue weighted by molar-refractivity contribution is 5.76. The van der Waals surface area contributed by atoms with E-state index in [1.807, 2.05) is 0 Å². The van der Waals surface area contributed by atoms with Gasteiger partial charge in [0.15, 0.2) is 23.1 Å². The first-order valence-corrected chi connectivity index (χ1v) is 6.83. The summed E-state index contributed by atoms with van der Waals surface area (Å²) in [5.41, 5.74) is 0.598. The molecule has 0 fully saturated rings. The van der Waals surface area contributed by atoms with E-state index in [0.717, 1.165) is 0 Å². The molecule has 2 rings (SSSR count). The predicted octanol–water partition coefficient (Wildman–Crippen LogP) is 3.00. The summed E-state index contributed by atoms with van der Waals surface area (Å²) in [4.78, 5) is 12.0. The van der Waals surface area contributed by atoms with Crippen LogP contribution in [0.4, 0.5) is 4.39 Å². The van der Waals surface area contributed by atoms with Crippen LogP contribution >= 0.6 is 0 Å². The van der Waals surface area contributed by atoms with E-state index in [2.05, 4.69) is 0 Å². The van der Waals surface area contributed by atoms with E-state index in [0.29, 0.717) is 22.8 Å². The number of benzene rings is 2. The maximum absolute atomic E-state index is 13.5. The largest absolute Gasteiger partial charge is 0.493 e. The highest BCUT2D eigenvalue weighted by Gasteiger charge is 2.16. The molecule has 2 aromatic carbocycles. The number of hydrogen-bond donors (Lipinski definition) is 0. The van der Waals surface area contributed by atoms with Gasteiger partial charge in [0.25, 0.3) is 0 Å². The number of para-hydroxylation sites is 1. The number of carbonyl (C=O) groups is 1. The van der Waals surface area contributed by atoms with Gasteiger partial charge in [-0.25, -0.2) is 4.39 Å². The van der Waals surface area contributed by atoms with Gasteiger partial charge in [-0.1, -0.05) is 12.1 Å². The molecule has 5 nitrogen and oxygen atoms in total. The molecule has 0 radical (unpaired) electrons. The molecule has 0 saturated carbocycles. The normalized spacial score (nSPS) is 10.1. The number of esters is 1. The van der Waals surface area contributed by atoms with Gasteiger partial charge in [0.2, 0.25) is 5.75 Å². The van der Waals surface area contributed by atoms with Crippen molar-refractivity contribution >= 4 is 5.97 Å². The van der Waals surface area contributed by atoms with Crippen LogP contribution < -0.4 is 18.9 Å². The monoisotopic (exact) mass is 320 g/mol. The zero-order valence-electron chi connectivity index (χ0n) is 13.1. The molecule has 0 N–H and O–H groups in total. The third-order valence-corrected chi connectivity index (χ3v) is 3.13. The van der Waals surface area contributed by atoms with Crippen molar-refractivity contribution in [3.05, 3.63) is 47.8 Å². The molecule has 0 bridgehead atoms. The minimum atomic E-state index is -0.593. The Morgan fingerprint density at radius 2 is 1.57 bits per heavy atom. The predicted molar refractivity (Wildman–Crippen MR) is 81.8 cm³/mol. The number of halogens is 1. The van der Waals surface area contributed by atoms with Crippen LogP contribution in [0.1, 0.15) is 5.56 Å². The number of ether oxygens (including phenoxy) is 4. The zero-order valence-corrected chi connectivity index (χ0v) is 13.1. The lowest BCUT2D eigenvalue weighted by atomic mass is 10.1. The van der Waals surface area contributed by atoms with E-state index in [9.17, 15) is 9.18 Å². The first-order chi connectivity index (χ1) is 11.1. The van der Waals surface area contributed by atoms with Gasteiger partial charge >= 0.3 is 5.97 Å². The summed E-state index contributed by atoms with van der Waals surface area (Å²) in [5, 5.41) is 0. The highest BCUT2D eigenvalue weighted by Crippen LogP contribution is 2.38. The van der Waals surface area contributed by atoms with Crippen LogP contribution in [0.15, 0.2) is 36.4 Å².